The van der Waals surface area contributed by atoms with Crippen LogP contribution in [0.1, 0.15) is 24.8 Å². The molecule has 1 aromatic rings. The van der Waals surface area contributed by atoms with Crippen LogP contribution >= 0.6 is 0 Å². The van der Waals surface area contributed by atoms with E-state index in [4.69, 9.17) is 10.4 Å². The number of nitrogens with one attached hydrogen (secondary N) is 2. The third-order valence-corrected chi connectivity index (χ3v) is 2.45. The van der Waals surface area contributed by atoms with Crippen molar-refractivity contribution in [3.05, 3.63) is 29.6 Å². The summed E-state index contributed by atoms with van der Waals surface area (Å²) >= 11 is 0. The zero-order valence-electron chi connectivity index (χ0n) is 10.6. The van der Waals surface area contributed by atoms with Crippen molar-refractivity contribution in [2.45, 2.75) is 19.3 Å². The molecule has 2 amide bonds. The summed E-state index contributed by atoms with van der Waals surface area (Å²) in [5.41, 5.74) is 0.162. The summed E-state index contributed by atoms with van der Waals surface area (Å²) in [5, 5.41) is 22.1. The van der Waals surface area contributed by atoms with Crippen LogP contribution < -0.4 is 10.6 Å². The van der Waals surface area contributed by atoms with Gasteiger partial charge in [0.2, 0.25) is 0 Å². The van der Waals surface area contributed by atoms with Crippen molar-refractivity contribution in [1.29, 1.82) is 5.26 Å². The molecular formula is C13H14FN3O3. The van der Waals surface area contributed by atoms with E-state index >= 15 is 0 Å². The zero-order valence-corrected chi connectivity index (χ0v) is 10.6. The molecule has 7 heteroatoms. The van der Waals surface area contributed by atoms with Gasteiger partial charge in [0.25, 0.3) is 0 Å². The van der Waals surface area contributed by atoms with Gasteiger partial charge in [-0.2, -0.15) is 5.26 Å². The number of anilines is 1. The number of carboxylic acid groups (broad SMARTS) is 1. The highest BCUT2D eigenvalue weighted by molar-refractivity contribution is 5.89. The zero-order chi connectivity index (χ0) is 15.0. The first-order valence-electron chi connectivity index (χ1n) is 5.99. The molecule has 0 aromatic heterocycles. The standard InChI is InChI=1S/C13H14FN3O3/c14-11-5-4-10(7-9(11)8-15)17-13(20)16-6-2-1-3-12(18)19/h4-5,7H,1-3,6H2,(H,18,19)(H2,16,17,20). The summed E-state index contributed by atoms with van der Waals surface area (Å²) in [6.07, 6.45) is 1.09. The SMILES string of the molecule is N#Cc1cc(NC(=O)NCCCCC(=O)O)ccc1F. The summed E-state index contributed by atoms with van der Waals surface area (Å²) in [6, 6.07) is 4.87. The maximum absolute atomic E-state index is 13.1. The van der Waals surface area contributed by atoms with E-state index in [0.717, 1.165) is 6.07 Å². The van der Waals surface area contributed by atoms with Crippen LogP contribution in [0.5, 0.6) is 0 Å². The number of nitrogens with zero attached hydrogens (tertiary/aromatic N) is 1. The van der Waals surface area contributed by atoms with Crippen LogP contribution in [0.25, 0.3) is 0 Å². The fraction of sp³-hybridized carbons (Fsp3) is 0.308. The van der Waals surface area contributed by atoms with Crippen LogP contribution in [0, 0.1) is 17.1 Å². The van der Waals surface area contributed by atoms with E-state index in [0.29, 0.717) is 25.1 Å². The first-order chi connectivity index (χ1) is 9.52. The topological polar surface area (TPSA) is 102 Å². The number of rotatable bonds is 6. The van der Waals surface area contributed by atoms with Crippen molar-refractivity contribution in [3.63, 3.8) is 0 Å². The number of nitriles is 1. The maximum Gasteiger partial charge on any atom is 0.319 e. The molecule has 1 rings (SSSR count). The van der Waals surface area contributed by atoms with E-state index < -0.39 is 17.8 Å². The number of amides is 2. The first kappa shape index (κ1) is 15.4. The predicted molar refractivity (Wildman–Crippen MR) is 69.6 cm³/mol. The number of unbranched alkanes of at least 4 members (excludes halogenated alkanes) is 1. The highest BCUT2D eigenvalue weighted by Gasteiger charge is 2.05. The largest absolute Gasteiger partial charge is 0.481 e. The quantitative estimate of drug-likeness (QED) is 0.693. The van der Waals surface area contributed by atoms with Crippen molar-refractivity contribution < 1.29 is 19.1 Å². The van der Waals surface area contributed by atoms with Crippen LogP contribution in [-0.2, 0) is 4.79 Å². The highest BCUT2D eigenvalue weighted by Crippen LogP contribution is 2.13. The Balaban J connectivity index is 2.36. The van der Waals surface area contributed by atoms with Gasteiger partial charge in [0, 0.05) is 18.7 Å². The minimum absolute atomic E-state index is 0.0623. The molecule has 1 aromatic carbocycles. The van der Waals surface area contributed by atoms with Gasteiger partial charge in [-0.1, -0.05) is 0 Å². The number of carbonyl (C=O) groups excluding carboxylic acids is 1. The molecule has 20 heavy (non-hydrogen) atoms. The van der Waals surface area contributed by atoms with E-state index in [1.54, 1.807) is 6.07 Å². The third kappa shape index (κ3) is 5.35. The van der Waals surface area contributed by atoms with Gasteiger partial charge in [-0.05, 0) is 31.0 Å². The van der Waals surface area contributed by atoms with Gasteiger partial charge >= 0.3 is 12.0 Å². The van der Waals surface area contributed by atoms with Gasteiger partial charge < -0.3 is 15.7 Å². The molecule has 0 aliphatic carbocycles. The third-order valence-electron chi connectivity index (χ3n) is 2.45. The van der Waals surface area contributed by atoms with E-state index in [1.807, 2.05) is 0 Å². The molecule has 0 fully saturated rings. The fourth-order valence-electron chi connectivity index (χ4n) is 1.47. The molecule has 0 atom stereocenters. The Labute approximate surface area is 115 Å². The number of hydrogen-bond donors (Lipinski definition) is 3. The minimum atomic E-state index is -0.871. The molecule has 0 unspecified atom stereocenters. The summed E-state index contributed by atoms with van der Waals surface area (Å²) in [5.74, 6) is -1.52. The van der Waals surface area contributed by atoms with E-state index in [1.165, 1.54) is 12.1 Å². The summed E-state index contributed by atoms with van der Waals surface area (Å²) in [7, 11) is 0. The molecule has 3 N–H and O–H groups in total. The smallest absolute Gasteiger partial charge is 0.319 e. The molecule has 0 bridgehead atoms. The maximum atomic E-state index is 13.1. The second-order valence-corrected chi connectivity index (χ2v) is 4.04. The molecule has 0 spiro atoms. The van der Waals surface area contributed by atoms with Crippen LogP contribution in [0.15, 0.2) is 18.2 Å². The summed E-state index contributed by atoms with van der Waals surface area (Å²) < 4.78 is 13.1. The van der Waals surface area contributed by atoms with Crippen LogP contribution in [0.2, 0.25) is 0 Å². The van der Waals surface area contributed by atoms with Gasteiger partial charge in [-0.15, -0.1) is 0 Å². The Morgan fingerprint density at radius 2 is 2.10 bits per heavy atom. The highest BCUT2D eigenvalue weighted by atomic mass is 19.1. The van der Waals surface area contributed by atoms with Crippen LogP contribution in [-0.4, -0.2) is 23.7 Å². The number of halogens is 1. The van der Waals surface area contributed by atoms with Crippen molar-refractivity contribution >= 4 is 17.7 Å². The van der Waals surface area contributed by atoms with Crippen molar-refractivity contribution in [1.82, 2.24) is 5.32 Å². The lowest BCUT2D eigenvalue weighted by molar-refractivity contribution is -0.137. The van der Waals surface area contributed by atoms with E-state index in [9.17, 15) is 14.0 Å². The van der Waals surface area contributed by atoms with Crippen LogP contribution in [0.3, 0.4) is 0 Å². The second-order valence-electron chi connectivity index (χ2n) is 4.04. The Bertz CT molecular complexity index is 540. The van der Waals surface area contributed by atoms with Gasteiger partial charge in [0.05, 0.1) is 5.56 Å². The number of aliphatic carboxylic acids is 1. The first-order valence-corrected chi connectivity index (χ1v) is 5.99. The molecule has 0 heterocycles. The number of carboxylic acids is 1. The minimum Gasteiger partial charge on any atom is -0.481 e. The Morgan fingerprint density at radius 1 is 1.35 bits per heavy atom. The molecule has 106 valence electrons. The summed E-state index contributed by atoms with van der Waals surface area (Å²) in [6.45, 7) is 0.339. The van der Waals surface area contributed by atoms with Crippen molar-refractivity contribution in [2.75, 3.05) is 11.9 Å². The normalized spacial score (nSPS) is 9.60. The monoisotopic (exact) mass is 279 g/mol. The molecule has 0 aliphatic heterocycles. The molecule has 0 saturated carbocycles. The predicted octanol–water partition coefficient (Wildman–Crippen LogP) is 2.07. The Kier molecular flexibility index (Phi) is 5.97. The van der Waals surface area contributed by atoms with Gasteiger partial charge in [-0.3, -0.25) is 4.79 Å². The molecule has 0 saturated heterocycles. The Morgan fingerprint density at radius 3 is 2.75 bits per heavy atom. The molecule has 0 radical (unpaired) electrons. The molecule has 0 aliphatic rings. The number of benzene rings is 1. The fourth-order valence-corrected chi connectivity index (χ4v) is 1.47. The van der Waals surface area contributed by atoms with Gasteiger partial charge in [0.15, 0.2) is 0 Å². The van der Waals surface area contributed by atoms with Gasteiger partial charge in [0.1, 0.15) is 11.9 Å². The molecular weight excluding hydrogens is 265 g/mol. The molecule has 6 nitrogen and oxygen atoms in total. The number of hydrogen-bond acceptors (Lipinski definition) is 3. The van der Waals surface area contributed by atoms with Crippen molar-refractivity contribution in [3.8, 4) is 6.07 Å². The average Bonchev–Trinajstić information content (AvgIpc) is 2.40. The Hall–Kier alpha value is -2.62. The lowest BCUT2D eigenvalue weighted by Crippen LogP contribution is -2.29. The van der Waals surface area contributed by atoms with Crippen LogP contribution in [0.4, 0.5) is 14.9 Å². The second kappa shape index (κ2) is 7.74. The summed E-state index contributed by atoms with van der Waals surface area (Å²) in [4.78, 5) is 21.7. The number of carbonyl (C=O) groups is 2. The van der Waals surface area contributed by atoms with Crippen molar-refractivity contribution in [2.24, 2.45) is 0 Å². The van der Waals surface area contributed by atoms with E-state index in [2.05, 4.69) is 10.6 Å². The lowest BCUT2D eigenvalue weighted by atomic mass is 10.2. The van der Waals surface area contributed by atoms with E-state index in [-0.39, 0.29) is 12.0 Å². The van der Waals surface area contributed by atoms with Gasteiger partial charge in [-0.25, -0.2) is 9.18 Å². The number of urea groups is 1. The lowest BCUT2D eigenvalue weighted by Gasteiger charge is -2.07. The average molecular weight is 279 g/mol.